The van der Waals surface area contributed by atoms with Gasteiger partial charge in [-0.2, -0.15) is 0 Å². The molecule has 0 saturated heterocycles. The fraction of sp³-hybridized carbons (Fsp3) is 0.417. The average molecular weight is 337 g/mol. The van der Waals surface area contributed by atoms with Gasteiger partial charge in [0, 0.05) is 16.1 Å². The number of rotatable bonds is 2. The first kappa shape index (κ1) is 13.2. The largest absolute Gasteiger partial charge is 0.348 e. The monoisotopic (exact) mass is 335 g/mol. The van der Waals surface area contributed by atoms with Gasteiger partial charge >= 0.3 is 0 Å². The van der Waals surface area contributed by atoms with Gasteiger partial charge in [0.05, 0.1) is 10.4 Å². The molecule has 0 heterocycles. The van der Waals surface area contributed by atoms with Gasteiger partial charge < -0.3 is 5.32 Å². The lowest BCUT2D eigenvalue weighted by Crippen LogP contribution is -2.37. The van der Waals surface area contributed by atoms with Gasteiger partial charge in [0.15, 0.2) is 0 Å². The van der Waals surface area contributed by atoms with E-state index in [1.807, 2.05) is 0 Å². The molecule has 5 heteroatoms. The number of carbonyl (C=O) groups excluding carboxylic acids is 1. The van der Waals surface area contributed by atoms with Crippen molar-refractivity contribution in [3.05, 3.63) is 33.3 Å². The molecule has 1 N–H and O–H groups in total. The van der Waals surface area contributed by atoms with Crippen molar-refractivity contribution in [2.75, 3.05) is 0 Å². The minimum atomic E-state index is -0.0973. The Hall–Kier alpha value is -0.250. The number of carbonyl (C=O) groups is 1. The van der Waals surface area contributed by atoms with Crippen LogP contribution in [0.4, 0.5) is 0 Å². The highest BCUT2D eigenvalue weighted by Crippen LogP contribution is 2.26. The molecule has 1 amide bonds. The summed E-state index contributed by atoms with van der Waals surface area (Å²) in [6.45, 7) is 0. The Morgan fingerprint density at radius 2 is 2.18 bits per heavy atom. The van der Waals surface area contributed by atoms with Crippen molar-refractivity contribution in [1.29, 1.82) is 0 Å². The van der Waals surface area contributed by atoms with E-state index in [1.165, 1.54) is 0 Å². The third kappa shape index (κ3) is 3.15. The zero-order valence-electron chi connectivity index (χ0n) is 9.05. The lowest BCUT2D eigenvalue weighted by Gasteiger charge is -2.15. The van der Waals surface area contributed by atoms with Crippen LogP contribution in [0, 0.1) is 0 Å². The van der Waals surface area contributed by atoms with E-state index in [0.29, 0.717) is 10.6 Å². The number of alkyl halides is 1. The summed E-state index contributed by atoms with van der Waals surface area (Å²) in [5.74, 6) is -0.0973. The number of amides is 1. The maximum Gasteiger partial charge on any atom is 0.251 e. The van der Waals surface area contributed by atoms with Gasteiger partial charge in [0.1, 0.15) is 0 Å². The first-order valence-corrected chi connectivity index (χ1v) is 7.08. The summed E-state index contributed by atoms with van der Waals surface area (Å²) in [6.07, 6.45) is 2.99. The van der Waals surface area contributed by atoms with Crippen molar-refractivity contribution in [3.63, 3.8) is 0 Å². The summed E-state index contributed by atoms with van der Waals surface area (Å²) in [4.78, 5) is 12.0. The highest BCUT2D eigenvalue weighted by atomic mass is 79.9. The molecule has 0 radical (unpaired) electrons. The third-order valence-electron chi connectivity index (χ3n) is 2.93. The van der Waals surface area contributed by atoms with Gasteiger partial charge in [-0.1, -0.05) is 11.6 Å². The van der Waals surface area contributed by atoms with Crippen LogP contribution >= 0.6 is 39.1 Å². The molecular weight excluding hydrogens is 325 g/mol. The lowest BCUT2D eigenvalue weighted by molar-refractivity contribution is 0.0938. The molecule has 1 aliphatic carbocycles. The molecule has 1 aliphatic rings. The Morgan fingerprint density at radius 1 is 1.41 bits per heavy atom. The third-order valence-corrected chi connectivity index (χ3v) is 4.67. The molecule has 92 valence electrons. The second-order valence-electron chi connectivity index (χ2n) is 4.16. The maximum atomic E-state index is 12.0. The summed E-state index contributed by atoms with van der Waals surface area (Å²) in [6, 6.07) is 5.21. The highest BCUT2D eigenvalue weighted by molar-refractivity contribution is 9.10. The summed E-state index contributed by atoms with van der Waals surface area (Å²) in [7, 11) is 0. The van der Waals surface area contributed by atoms with Gasteiger partial charge in [0.2, 0.25) is 0 Å². The highest BCUT2D eigenvalue weighted by Gasteiger charge is 2.26. The molecule has 0 spiro atoms. The van der Waals surface area contributed by atoms with Crippen LogP contribution in [-0.2, 0) is 0 Å². The Bertz CT molecular complexity index is 439. The predicted octanol–water partition coefficient (Wildman–Crippen LogP) is 3.99. The van der Waals surface area contributed by atoms with E-state index < -0.39 is 0 Å². The zero-order chi connectivity index (χ0) is 12.4. The van der Waals surface area contributed by atoms with Crippen molar-refractivity contribution in [1.82, 2.24) is 5.32 Å². The smallest absolute Gasteiger partial charge is 0.251 e. The quantitative estimate of drug-likeness (QED) is 0.813. The minimum Gasteiger partial charge on any atom is -0.348 e. The van der Waals surface area contributed by atoms with Crippen molar-refractivity contribution in [2.45, 2.75) is 30.7 Å². The molecule has 2 rings (SSSR count). The maximum absolute atomic E-state index is 12.0. The van der Waals surface area contributed by atoms with Gasteiger partial charge in [-0.15, -0.1) is 11.6 Å². The summed E-state index contributed by atoms with van der Waals surface area (Å²) >= 11 is 15.3. The first-order valence-electron chi connectivity index (χ1n) is 5.48. The standard InChI is InChI=1S/C12H12BrCl2NO/c13-8-6-7(4-5-9(8)14)12(17)16-11-3-1-2-10(11)15/h4-6,10-11H,1-3H2,(H,16,17). The van der Waals surface area contributed by atoms with Gasteiger partial charge in [-0.05, 0) is 53.4 Å². The second-order valence-corrected chi connectivity index (χ2v) is 5.98. The van der Waals surface area contributed by atoms with E-state index in [9.17, 15) is 4.79 Å². The molecular formula is C12H12BrCl2NO. The Labute approximate surface area is 119 Å². The molecule has 2 nitrogen and oxygen atoms in total. The van der Waals surface area contributed by atoms with E-state index in [-0.39, 0.29) is 17.3 Å². The van der Waals surface area contributed by atoms with E-state index in [2.05, 4.69) is 21.2 Å². The van der Waals surface area contributed by atoms with Gasteiger partial charge in [-0.25, -0.2) is 0 Å². The molecule has 2 atom stereocenters. The van der Waals surface area contributed by atoms with Crippen LogP contribution in [0.25, 0.3) is 0 Å². The first-order chi connectivity index (χ1) is 8.08. The molecule has 17 heavy (non-hydrogen) atoms. The van der Waals surface area contributed by atoms with Gasteiger partial charge in [0.25, 0.3) is 5.91 Å². The molecule has 0 bridgehead atoms. The molecule has 1 saturated carbocycles. The van der Waals surface area contributed by atoms with Crippen LogP contribution in [0.1, 0.15) is 29.6 Å². The fourth-order valence-electron chi connectivity index (χ4n) is 1.97. The van der Waals surface area contributed by atoms with Crippen LogP contribution in [0.15, 0.2) is 22.7 Å². The Balaban J connectivity index is 2.06. The summed E-state index contributed by atoms with van der Waals surface area (Å²) in [5, 5.41) is 3.60. The van der Waals surface area contributed by atoms with Crippen molar-refractivity contribution >= 4 is 45.0 Å². The topological polar surface area (TPSA) is 29.1 Å². The van der Waals surface area contributed by atoms with Crippen molar-refractivity contribution in [3.8, 4) is 0 Å². The van der Waals surface area contributed by atoms with Crippen molar-refractivity contribution < 1.29 is 4.79 Å². The normalized spacial score (nSPS) is 23.7. The minimum absolute atomic E-state index is 0.0506. The molecule has 1 aromatic rings. The summed E-state index contributed by atoms with van der Waals surface area (Å²) in [5.41, 5.74) is 0.594. The lowest BCUT2D eigenvalue weighted by atomic mass is 10.2. The van der Waals surface area contributed by atoms with Crippen molar-refractivity contribution in [2.24, 2.45) is 0 Å². The van der Waals surface area contributed by atoms with E-state index >= 15 is 0 Å². The second kappa shape index (κ2) is 5.59. The predicted molar refractivity (Wildman–Crippen MR) is 73.9 cm³/mol. The van der Waals surface area contributed by atoms with E-state index in [4.69, 9.17) is 23.2 Å². The van der Waals surface area contributed by atoms with Crippen LogP contribution in [0.5, 0.6) is 0 Å². The molecule has 1 fully saturated rings. The fourth-order valence-corrected chi connectivity index (χ4v) is 2.81. The van der Waals surface area contributed by atoms with Gasteiger partial charge in [-0.3, -0.25) is 4.79 Å². The Kier molecular flexibility index (Phi) is 4.34. The Morgan fingerprint density at radius 3 is 2.76 bits per heavy atom. The summed E-state index contributed by atoms with van der Waals surface area (Å²) < 4.78 is 0.723. The van der Waals surface area contributed by atoms with E-state index in [1.54, 1.807) is 18.2 Å². The molecule has 0 aromatic heterocycles. The molecule has 0 aliphatic heterocycles. The van der Waals surface area contributed by atoms with Crippen LogP contribution in [0.3, 0.4) is 0 Å². The number of halogens is 3. The zero-order valence-corrected chi connectivity index (χ0v) is 12.1. The van der Waals surface area contributed by atoms with Crippen LogP contribution < -0.4 is 5.32 Å². The number of hydrogen-bond acceptors (Lipinski definition) is 1. The molecule has 2 unspecified atom stereocenters. The number of nitrogens with one attached hydrogen (secondary N) is 1. The molecule has 1 aromatic carbocycles. The van der Waals surface area contributed by atoms with E-state index in [0.717, 1.165) is 23.7 Å². The van der Waals surface area contributed by atoms with Crippen LogP contribution in [0.2, 0.25) is 5.02 Å². The number of hydrogen-bond donors (Lipinski definition) is 1. The average Bonchev–Trinajstić information content (AvgIpc) is 2.68. The van der Waals surface area contributed by atoms with Crippen LogP contribution in [-0.4, -0.2) is 17.3 Å². The number of benzene rings is 1. The SMILES string of the molecule is O=C(NC1CCCC1Cl)c1ccc(Cl)c(Br)c1.